The summed E-state index contributed by atoms with van der Waals surface area (Å²) >= 11 is 0. The largest absolute Gasteiger partial charge is 0.478 e. The fraction of sp³-hybridized carbons (Fsp3) is 0.500. The van der Waals surface area contributed by atoms with E-state index < -0.39 is 20.7 Å². The number of benzene rings is 1. The van der Waals surface area contributed by atoms with Crippen molar-refractivity contribution in [1.29, 1.82) is 0 Å². The van der Waals surface area contributed by atoms with E-state index in [1.807, 2.05) is 0 Å². The highest BCUT2D eigenvalue weighted by molar-refractivity contribution is 7.94. The molecule has 0 saturated heterocycles. The lowest BCUT2D eigenvalue weighted by atomic mass is 10.0. The first-order valence-corrected chi connectivity index (χ1v) is 7.97. The van der Waals surface area contributed by atoms with Crippen LogP contribution in [0.15, 0.2) is 18.2 Å². The second-order valence-corrected chi connectivity index (χ2v) is 8.56. The maximum atomic E-state index is 12.6. The van der Waals surface area contributed by atoms with Crippen LogP contribution in [-0.2, 0) is 16.4 Å². The normalized spacial score (nSPS) is 15.8. The van der Waals surface area contributed by atoms with Crippen molar-refractivity contribution in [2.24, 2.45) is 0 Å². The van der Waals surface area contributed by atoms with Gasteiger partial charge in [0.2, 0.25) is 10.0 Å². The van der Waals surface area contributed by atoms with Crippen LogP contribution in [0.1, 0.15) is 43.1 Å². The molecular formula is C14H19NO4S. The summed E-state index contributed by atoms with van der Waals surface area (Å²) < 4.78 is 25.7. The summed E-state index contributed by atoms with van der Waals surface area (Å²) in [6.45, 7) is 5.45. The molecule has 0 radical (unpaired) electrons. The van der Waals surface area contributed by atoms with E-state index in [2.05, 4.69) is 0 Å². The third-order valence-electron chi connectivity index (χ3n) is 3.47. The summed E-state index contributed by atoms with van der Waals surface area (Å²) in [4.78, 5) is 11.0. The van der Waals surface area contributed by atoms with Crippen molar-refractivity contribution in [2.45, 2.75) is 38.4 Å². The standard InChI is InChI=1S/C14H19NO4S/c1-14(2,3)20(18,19)15-8-4-5-10-9-11(13(16)17)6-7-12(10)15/h6-7,9H,4-5,8H2,1-3H3,(H,16,17). The second kappa shape index (κ2) is 4.77. The molecular weight excluding hydrogens is 278 g/mol. The number of carboxylic acids is 1. The van der Waals surface area contributed by atoms with Gasteiger partial charge in [-0.05, 0) is 57.4 Å². The van der Waals surface area contributed by atoms with E-state index in [0.717, 1.165) is 5.56 Å². The van der Waals surface area contributed by atoms with E-state index in [0.29, 0.717) is 25.1 Å². The number of fused-ring (bicyclic) bond motifs is 1. The van der Waals surface area contributed by atoms with Gasteiger partial charge in [-0.25, -0.2) is 13.2 Å². The number of hydrogen-bond donors (Lipinski definition) is 1. The Labute approximate surface area is 119 Å². The van der Waals surface area contributed by atoms with Crippen molar-refractivity contribution in [3.05, 3.63) is 29.3 Å². The van der Waals surface area contributed by atoms with Gasteiger partial charge in [0, 0.05) is 6.54 Å². The van der Waals surface area contributed by atoms with Gasteiger partial charge in [0.1, 0.15) is 0 Å². The molecule has 0 spiro atoms. The Morgan fingerprint density at radius 1 is 1.30 bits per heavy atom. The molecule has 0 aromatic heterocycles. The summed E-state index contributed by atoms with van der Waals surface area (Å²) in [6.07, 6.45) is 1.40. The molecule has 1 N–H and O–H groups in total. The number of nitrogens with zero attached hydrogens (tertiary/aromatic N) is 1. The predicted molar refractivity (Wildman–Crippen MR) is 77.7 cm³/mol. The van der Waals surface area contributed by atoms with Crippen LogP contribution in [0.25, 0.3) is 0 Å². The quantitative estimate of drug-likeness (QED) is 0.908. The first kappa shape index (κ1) is 14.8. The van der Waals surface area contributed by atoms with Gasteiger partial charge in [0.15, 0.2) is 0 Å². The molecule has 0 bridgehead atoms. The van der Waals surface area contributed by atoms with Crippen molar-refractivity contribution >= 4 is 21.7 Å². The lowest BCUT2D eigenvalue weighted by Gasteiger charge is -2.35. The maximum absolute atomic E-state index is 12.6. The molecule has 1 aliphatic heterocycles. The number of anilines is 1. The monoisotopic (exact) mass is 297 g/mol. The molecule has 6 heteroatoms. The minimum Gasteiger partial charge on any atom is -0.478 e. The lowest BCUT2D eigenvalue weighted by Crippen LogP contribution is -2.45. The molecule has 110 valence electrons. The predicted octanol–water partition coefficient (Wildman–Crippen LogP) is 2.27. The number of aryl methyl sites for hydroxylation is 1. The lowest BCUT2D eigenvalue weighted by molar-refractivity contribution is 0.0697. The second-order valence-electron chi connectivity index (χ2n) is 5.94. The molecule has 2 rings (SSSR count). The highest BCUT2D eigenvalue weighted by Gasteiger charge is 2.37. The fourth-order valence-electron chi connectivity index (χ4n) is 2.28. The first-order valence-electron chi connectivity index (χ1n) is 6.53. The van der Waals surface area contributed by atoms with Crippen LogP contribution in [0.4, 0.5) is 5.69 Å². The Kier molecular flexibility index (Phi) is 3.54. The zero-order valence-electron chi connectivity index (χ0n) is 11.9. The van der Waals surface area contributed by atoms with E-state index in [-0.39, 0.29) is 5.56 Å². The van der Waals surface area contributed by atoms with Gasteiger partial charge < -0.3 is 5.11 Å². The van der Waals surface area contributed by atoms with Crippen LogP contribution < -0.4 is 4.31 Å². The minimum atomic E-state index is -3.46. The van der Waals surface area contributed by atoms with Gasteiger partial charge in [0.05, 0.1) is 16.0 Å². The highest BCUT2D eigenvalue weighted by Crippen LogP contribution is 2.34. The zero-order chi connectivity index (χ0) is 15.1. The van der Waals surface area contributed by atoms with E-state index in [1.165, 1.54) is 10.4 Å². The Hall–Kier alpha value is -1.56. The Morgan fingerprint density at radius 3 is 2.50 bits per heavy atom. The molecule has 5 nitrogen and oxygen atoms in total. The summed E-state index contributed by atoms with van der Waals surface area (Å²) in [5.74, 6) is -0.997. The summed E-state index contributed by atoms with van der Waals surface area (Å²) in [7, 11) is -3.46. The molecule has 20 heavy (non-hydrogen) atoms. The maximum Gasteiger partial charge on any atom is 0.335 e. The molecule has 0 fully saturated rings. The average Bonchev–Trinajstić information content (AvgIpc) is 2.35. The third kappa shape index (κ3) is 2.40. The van der Waals surface area contributed by atoms with Crippen molar-refractivity contribution in [3.63, 3.8) is 0 Å². The first-order chi connectivity index (χ1) is 9.14. The number of hydrogen-bond acceptors (Lipinski definition) is 3. The molecule has 0 aliphatic carbocycles. The van der Waals surface area contributed by atoms with Gasteiger partial charge in [-0.1, -0.05) is 0 Å². The van der Waals surface area contributed by atoms with Gasteiger partial charge in [-0.2, -0.15) is 0 Å². The van der Waals surface area contributed by atoms with Crippen LogP contribution in [0.3, 0.4) is 0 Å². The number of carboxylic acid groups (broad SMARTS) is 1. The van der Waals surface area contributed by atoms with E-state index in [1.54, 1.807) is 32.9 Å². The summed E-state index contributed by atoms with van der Waals surface area (Å²) in [5.41, 5.74) is 1.58. The van der Waals surface area contributed by atoms with Crippen LogP contribution in [0.2, 0.25) is 0 Å². The molecule has 0 amide bonds. The van der Waals surface area contributed by atoms with Crippen LogP contribution in [0, 0.1) is 0 Å². The van der Waals surface area contributed by atoms with Gasteiger partial charge in [0.25, 0.3) is 0 Å². The molecule has 0 saturated carbocycles. The van der Waals surface area contributed by atoms with E-state index in [4.69, 9.17) is 5.11 Å². The van der Waals surface area contributed by atoms with Crippen LogP contribution >= 0.6 is 0 Å². The van der Waals surface area contributed by atoms with Crippen molar-refractivity contribution in [2.75, 3.05) is 10.8 Å². The molecule has 1 aromatic rings. The Bertz CT molecular complexity index is 644. The van der Waals surface area contributed by atoms with Crippen LogP contribution in [0.5, 0.6) is 0 Å². The number of sulfonamides is 1. The zero-order valence-corrected chi connectivity index (χ0v) is 12.7. The van der Waals surface area contributed by atoms with Crippen LogP contribution in [-0.4, -0.2) is 30.8 Å². The number of rotatable bonds is 2. The van der Waals surface area contributed by atoms with Gasteiger partial charge in [-0.15, -0.1) is 0 Å². The number of aromatic carboxylic acids is 1. The van der Waals surface area contributed by atoms with Crippen molar-refractivity contribution < 1.29 is 18.3 Å². The molecule has 0 unspecified atom stereocenters. The third-order valence-corrected chi connectivity index (χ3v) is 5.97. The van der Waals surface area contributed by atoms with Crippen molar-refractivity contribution in [3.8, 4) is 0 Å². The summed E-state index contributed by atoms with van der Waals surface area (Å²) in [5, 5.41) is 9.01. The Balaban J connectivity index is 2.52. The molecule has 1 aliphatic rings. The smallest absolute Gasteiger partial charge is 0.335 e. The van der Waals surface area contributed by atoms with E-state index in [9.17, 15) is 13.2 Å². The van der Waals surface area contributed by atoms with Gasteiger partial charge in [-0.3, -0.25) is 4.31 Å². The van der Waals surface area contributed by atoms with Gasteiger partial charge >= 0.3 is 5.97 Å². The summed E-state index contributed by atoms with van der Waals surface area (Å²) in [6, 6.07) is 4.63. The SMILES string of the molecule is CC(C)(C)S(=O)(=O)N1CCCc2cc(C(=O)O)ccc21. The molecule has 0 atom stereocenters. The molecule has 1 aromatic carbocycles. The van der Waals surface area contributed by atoms with E-state index >= 15 is 0 Å². The average molecular weight is 297 g/mol. The minimum absolute atomic E-state index is 0.193. The Morgan fingerprint density at radius 2 is 1.95 bits per heavy atom. The van der Waals surface area contributed by atoms with Crippen molar-refractivity contribution in [1.82, 2.24) is 0 Å². The fourth-order valence-corrected chi connectivity index (χ4v) is 3.74. The molecule has 1 heterocycles. The number of carbonyl (C=O) groups is 1. The topological polar surface area (TPSA) is 74.7 Å². The highest BCUT2D eigenvalue weighted by atomic mass is 32.2.